The van der Waals surface area contributed by atoms with Crippen molar-refractivity contribution in [1.29, 1.82) is 0 Å². The summed E-state index contributed by atoms with van der Waals surface area (Å²) in [6.45, 7) is 4.71. The Morgan fingerprint density at radius 3 is 2.79 bits per heavy atom. The quantitative estimate of drug-likeness (QED) is 0.873. The van der Waals surface area contributed by atoms with Crippen LogP contribution in [0.25, 0.3) is 0 Å². The van der Waals surface area contributed by atoms with Gasteiger partial charge >= 0.3 is 0 Å². The maximum absolute atomic E-state index is 5.93. The van der Waals surface area contributed by atoms with Crippen molar-refractivity contribution in [2.45, 2.75) is 32.9 Å². The fourth-order valence-electron chi connectivity index (χ4n) is 2.09. The van der Waals surface area contributed by atoms with Gasteiger partial charge < -0.3 is 10.1 Å². The van der Waals surface area contributed by atoms with Crippen molar-refractivity contribution < 1.29 is 4.74 Å². The molecule has 102 valence electrons. The van der Waals surface area contributed by atoms with Gasteiger partial charge in [-0.15, -0.1) is 11.3 Å². The molecule has 1 unspecified atom stereocenters. The van der Waals surface area contributed by atoms with Gasteiger partial charge in [-0.05, 0) is 26.5 Å². The van der Waals surface area contributed by atoms with Gasteiger partial charge in [0, 0.05) is 22.7 Å². The predicted octanol–water partition coefficient (Wildman–Crippen LogP) is 3.70. The van der Waals surface area contributed by atoms with Crippen molar-refractivity contribution in [2.24, 2.45) is 0 Å². The summed E-state index contributed by atoms with van der Waals surface area (Å²) in [4.78, 5) is 4.42. The number of aromatic nitrogens is 1. The Bertz CT molecular complexity index is 520. The maximum atomic E-state index is 5.93. The van der Waals surface area contributed by atoms with Gasteiger partial charge in [0.25, 0.3) is 0 Å². The number of rotatable bonds is 6. The van der Waals surface area contributed by atoms with E-state index in [0.717, 1.165) is 22.9 Å². The summed E-state index contributed by atoms with van der Waals surface area (Å²) in [6.07, 6.45) is 1.03. The van der Waals surface area contributed by atoms with Crippen LogP contribution < -0.4 is 10.1 Å². The highest BCUT2D eigenvalue weighted by Crippen LogP contribution is 2.27. The highest BCUT2D eigenvalue weighted by Gasteiger charge is 2.12. The third-order valence-electron chi connectivity index (χ3n) is 3.07. The Balaban J connectivity index is 2.11. The lowest BCUT2D eigenvalue weighted by Gasteiger charge is -2.18. The zero-order chi connectivity index (χ0) is 13.7. The topological polar surface area (TPSA) is 34.1 Å². The minimum atomic E-state index is 0.328. The van der Waals surface area contributed by atoms with Crippen LogP contribution in [0.3, 0.4) is 0 Å². The number of hydrogen-bond donors (Lipinski definition) is 1. The van der Waals surface area contributed by atoms with Gasteiger partial charge in [-0.1, -0.05) is 25.1 Å². The van der Waals surface area contributed by atoms with Gasteiger partial charge in [-0.25, -0.2) is 4.98 Å². The molecule has 3 nitrogen and oxygen atoms in total. The first-order valence-corrected chi connectivity index (χ1v) is 7.42. The molecule has 1 aromatic carbocycles. The summed E-state index contributed by atoms with van der Waals surface area (Å²) in [5.74, 6) is 0.941. The molecular weight excluding hydrogens is 256 g/mol. The van der Waals surface area contributed by atoms with Gasteiger partial charge in [0.15, 0.2) is 0 Å². The molecule has 1 heterocycles. The lowest BCUT2D eigenvalue weighted by atomic mass is 10.0. The van der Waals surface area contributed by atoms with E-state index >= 15 is 0 Å². The van der Waals surface area contributed by atoms with Crippen molar-refractivity contribution in [2.75, 3.05) is 7.05 Å². The molecule has 0 amide bonds. The average molecular weight is 276 g/mol. The van der Waals surface area contributed by atoms with Crippen molar-refractivity contribution in [3.63, 3.8) is 0 Å². The number of para-hydroxylation sites is 1. The molecule has 0 aliphatic rings. The van der Waals surface area contributed by atoms with Crippen molar-refractivity contribution >= 4 is 11.3 Å². The smallest absolute Gasteiger partial charge is 0.140 e. The highest BCUT2D eigenvalue weighted by atomic mass is 32.1. The molecule has 1 atom stereocenters. The standard InChI is InChI=1S/C15H20N2OS/c1-4-13(16-3)12-7-5-6-8-14(12)18-9-15-17-11(2)10-19-15/h5-8,10,13,16H,4,9H2,1-3H3. The largest absolute Gasteiger partial charge is 0.486 e. The van der Waals surface area contributed by atoms with Crippen LogP contribution in [0.4, 0.5) is 0 Å². The van der Waals surface area contributed by atoms with E-state index < -0.39 is 0 Å². The second-order valence-corrected chi connectivity index (χ2v) is 5.40. The van der Waals surface area contributed by atoms with E-state index in [-0.39, 0.29) is 0 Å². The van der Waals surface area contributed by atoms with Crippen LogP contribution in [-0.4, -0.2) is 12.0 Å². The summed E-state index contributed by atoms with van der Waals surface area (Å²) in [5, 5.41) is 6.38. The lowest BCUT2D eigenvalue weighted by Crippen LogP contribution is -2.16. The van der Waals surface area contributed by atoms with Crippen LogP contribution in [-0.2, 0) is 6.61 Å². The molecule has 19 heavy (non-hydrogen) atoms. The van der Waals surface area contributed by atoms with Gasteiger partial charge in [-0.3, -0.25) is 0 Å². The number of nitrogens with one attached hydrogen (secondary N) is 1. The minimum Gasteiger partial charge on any atom is -0.486 e. The molecule has 0 fully saturated rings. The Kier molecular flexibility index (Phi) is 4.93. The number of hydrogen-bond acceptors (Lipinski definition) is 4. The first kappa shape index (κ1) is 14.0. The molecule has 4 heteroatoms. The fourth-order valence-corrected chi connectivity index (χ4v) is 2.77. The van der Waals surface area contributed by atoms with Crippen molar-refractivity contribution in [3.8, 4) is 5.75 Å². The van der Waals surface area contributed by atoms with Crippen molar-refractivity contribution in [3.05, 3.63) is 45.9 Å². The van der Waals surface area contributed by atoms with Crippen LogP contribution >= 0.6 is 11.3 Å². The highest BCUT2D eigenvalue weighted by molar-refractivity contribution is 7.09. The third-order valence-corrected chi connectivity index (χ3v) is 4.01. The summed E-state index contributed by atoms with van der Waals surface area (Å²) in [7, 11) is 1.98. The SMILES string of the molecule is CCC(NC)c1ccccc1OCc1nc(C)cs1. The summed E-state index contributed by atoms with van der Waals surface area (Å²) in [6, 6.07) is 8.53. The summed E-state index contributed by atoms with van der Waals surface area (Å²) >= 11 is 1.64. The Hall–Kier alpha value is -1.39. The fraction of sp³-hybridized carbons (Fsp3) is 0.400. The molecule has 0 saturated heterocycles. The second kappa shape index (κ2) is 6.68. The molecule has 0 bridgehead atoms. The normalized spacial score (nSPS) is 12.4. The molecular formula is C15H20N2OS. The van der Waals surface area contributed by atoms with E-state index in [9.17, 15) is 0 Å². The number of benzene rings is 1. The van der Waals surface area contributed by atoms with E-state index in [0.29, 0.717) is 12.6 Å². The lowest BCUT2D eigenvalue weighted by molar-refractivity contribution is 0.298. The van der Waals surface area contributed by atoms with Crippen LogP contribution in [0.1, 0.15) is 35.7 Å². The van der Waals surface area contributed by atoms with Crippen LogP contribution in [0.2, 0.25) is 0 Å². The number of ether oxygens (including phenoxy) is 1. The Morgan fingerprint density at radius 2 is 2.16 bits per heavy atom. The molecule has 0 saturated carbocycles. The zero-order valence-electron chi connectivity index (χ0n) is 11.6. The molecule has 0 radical (unpaired) electrons. The van der Waals surface area contributed by atoms with Crippen LogP contribution in [0.15, 0.2) is 29.6 Å². The zero-order valence-corrected chi connectivity index (χ0v) is 12.5. The van der Waals surface area contributed by atoms with E-state index in [1.165, 1.54) is 5.56 Å². The second-order valence-electron chi connectivity index (χ2n) is 4.46. The van der Waals surface area contributed by atoms with Gasteiger partial charge in [0.2, 0.25) is 0 Å². The Morgan fingerprint density at radius 1 is 1.37 bits per heavy atom. The molecule has 2 rings (SSSR count). The monoisotopic (exact) mass is 276 g/mol. The molecule has 1 aromatic heterocycles. The van der Waals surface area contributed by atoms with Gasteiger partial charge in [-0.2, -0.15) is 0 Å². The number of nitrogens with zero attached hydrogens (tertiary/aromatic N) is 1. The summed E-state index contributed by atoms with van der Waals surface area (Å²) < 4.78 is 5.93. The molecule has 0 aliphatic carbocycles. The minimum absolute atomic E-state index is 0.328. The van der Waals surface area contributed by atoms with E-state index in [1.807, 2.05) is 31.5 Å². The average Bonchev–Trinajstić information content (AvgIpc) is 2.85. The van der Waals surface area contributed by atoms with Crippen LogP contribution in [0.5, 0.6) is 5.75 Å². The molecule has 0 spiro atoms. The maximum Gasteiger partial charge on any atom is 0.140 e. The predicted molar refractivity (Wildman–Crippen MR) is 79.7 cm³/mol. The number of aryl methyl sites for hydroxylation is 1. The third kappa shape index (κ3) is 3.55. The summed E-state index contributed by atoms with van der Waals surface area (Å²) in [5.41, 5.74) is 2.26. The Labute approximate surface area is 118 Å². The van der Waals surface area contributed by atoms with Gasteiger partial charge in [0.1, 0.15) is 17.4 Å². The first-order valence-electron chi connectivity index (χ1n) is 6.54. The van der Waals surface area contributed by atoms with E-state index in [4.69, 9.17) is 4.74 Å². The molecule has 0 aliphatic heterocycles. The van der Waals surface area contributed by atoms with Gasteiger partial charge in [0.05, 0.1) is 0 Å². The van der Waals surface area contributed by atoms with E-state index in [2.05, 4.69) is 29.4 Å². The van der Waals surface area contributed by atoms with Crippen LogP contribution in [0, 0.1) is 6.92 Å². The van der Waals surface area contributed by atoms with E-state index in [1.54, 1.807) is 11.3 Å². The first-order chi connectivity index (χ1) is 9.24. The van der Waals surface area contributed by atoms with Crippen molar-refractivity contribution in [1.82, 2.24) is 10.3 Å². The number of thiazole rings is 1. The molecule has 2 aromatic rings. The molecule has 1 N–H and O–H groups in total.